The predicted molar refractivity (Wildman–Crippen MR) is 124 cm³/mol. The average molecular weight is 485 g/mol. The van der Waals surface area contributed by atoms with E-state index in [0.717, 1.165) is 19.7 Å². The maximum atomic E-state index is 2.92. The van der Waals surface area contributed by atoms with Crippen molar-refractivity contribution in [1.29, 1.82) is 0 Å². The van der Waals surface area contributed by atoms with Crippen molar-refractivity contribution in [2.24, 2.45) is 33.5 Å². The second-order valence-corrected chi connectivity index (χ2v) is 25.9. The fourth-order valence-corrected chi connectivity index (χ4v) is 30.9. The third-order valence-electron chi connectivity index (χ3n) is 12.4. The molecule has 4 saturated carbocycles. The van der Waals surface area contributed by atoms with Gasteiger partial charge in [-0.1, -0.05) is 0 Å². The second-order valence-electron chi connectivity index (χ2n) is 13.0. The molecular formula is C27H42Sn. The van der Waals surface area contributed by atoms with E-state index in [1.165, 1.54) is 25.7 Å². The Kier molecular flexibility index (Phi) is 4.15. The van der Waals surface area contributed by atoms with Gasteiger partial charge in [0, 0.05) is 0 Å². The van der Waals surface area contributed by atoms with Crippen LogP contribution in [0.2, 0.25) is 12.8 Å². The fraction of sp³-hybridized carbons (Fsp3) is 0.778. The van der Waals surface area contributed by atoms with Gasteiger partial charge in [0.25, 0.3) is 0 Å². The zero-order chi connectivity index (χ0) is 20.2. The molecule has 0 N–H and O–H groups in total. The molecule has 1 heteroatoms. The van der Waals surface area contributed by atoms with Gasteiger partial charge in [0.05, 0.1) is 0 Å². The van der Waals surface area contributed by atoms with Crippen LogP contribution in [-0.2, 0) is 0 Å². The van der Waals surface area contributed by atoms with Crippen LogP contribution in [0, 0.1) is 33.5 Å². The van der Waals surface area contributed by atoms with E-state index in [-0.39, 0.29) is 0 Å². The Balaban J connectivity index is 1.68. The van der Waals surface area contributed by atoms with Gasteiger partial charge >= 0.3 is 179 Å². The molecule has 0 aromatic heterocycles. The van der Waals surface area contributed by atoms with Gasteiger partial charge in [-0.2, -0.15) is 0 Å². The molecule has 28 heavy (non-hydrogen) atoms. The molecule has 5 rings (SSSR count). The van der Waals surface area contributed by atoms with E-state index in [1.54, 1.807) is 12.8 Å². The second kappa shape index (κ2) is 5.83. The molecule has 4 aliphatic carbocycles. The van der Waals surface area contributed by atoms with E-state index < -0.39 is 18.4 Å². The molecule has 0 saturated heterocycles. The topological polar surface area (TPSA) is 0 Å². The standard InChI is InChI=1S/2C10H17.C6H5.CH3.Sn/c2*1-9(2)8-4-6-10(9,3)7-5-8;1-2-4-6-5-3-1;;/h2*6,8H,4-5,7H2,1-3H3;1-5H;1H3;/t2*8-,10+;;;/m00.../s1. The van der Waals surface area contributed by atoms with Gasteiger partial charge in [0.15, 0.2) is 0 Å². The molecule has 0 nitrogen and oxygen atoms in total. The van der Waals surface area contributed by atoms with Gasteiger partial charge < -0.3 is 0 Å². The summed E-state index contributed by atoms with van der Waals surface area (Å²) >= 11 is -2.70. The van der Waals surface area contributed by atoms with Crippen molar-refractivity contribution in [1.82, 2.24) is 0 Å². The van der Waals surface area contributed by atoms with Gasteiger partial charge in [-0.05, 0) is 0 Å². The van der Waals surface area contributed by atoms with Crippen molar-refractivity contribution >= 4 is 22.0 Å². The quantitative estimate of drug-likeness (QED) is 0.392. The predicted octanol–water partition coefficient (Wildman–Crippen LogP) is 7.41. The van der Waals surface area contributed by atoms with Crippen molar-refractivity contribution in [3.63, 3.8) is 0 Å². The van der Waals surface area contributed by atoms with Crippen molar-refractivity contribution in [3.8, 4) is 0 Å². The van der Waals surface area contributed by atoms with Gasteiger partial charge in [0.1, 0.15) is 0 Å². The molecule has 0 spiro atoms. The summed E-state index contributed by atoms with van der Waals surface area (Å²) in [5.41, 5.74) is 2.22. The average Bonchev–Trinajstić information content (AvgIpc) is 3.19. The number of fused-ring (bicyclic) bond motifs is 4. The number of hydrogen-bond donors (Lipinski definition) is 0. The summed E-state index contributed by atoms with van der Waals surface area (Å²) in [6.07, 6.45) is 9.06. The Labute approximate surface area is 178 Å². The SMILES string of the molecule is CC1(C)[C@@H]2CC[C@@]1(C)[CH]([Sn]([CH3])([c]1ccccc1)[CH]1C[C@H]3CC[C@]1(C)C3(C)C)C2. The first-order valence-corrected chi connectivity index (χ1v) is 19.6. The summed E-state index contributed by atoms with van der Waals surface area (Å²) in [6.45, 7) is 16.0. The maximum absolute atomic E-state index is 2.92. The number of benzene rings is 1. The van der Waals surface area contributed by atoms with Gasteiger partial charge in [-0.25, -0.2) is 0 Å². The van der Waals surface area contributed by atoms with Crippen LogP contribution in [0.5, 0.6) is 0 Å². The summed E-state index contributed by atoms with van der Waals surface area (Å²) in [5.74, 6) is 1.95. The molecule has 0 radical (unpaired) electrons. The Bertz CT molecular complexity index is 733. The first-order valence-electron chi connectivity index (χ1n) is 12.0. The Morgan fingerprint density at radius 1 is 0.714 bits per heavy atom. The molecule has 4 fully saturated rings. The van der Waals surface area contributed by atoms with Crippen LogP contribution in [0.3, 0.4) is 0 Å². The van der Waals surface area contributed by atoms with Crippen molar-refractivity contribution in [3.05, 3.63) is 30.3 Å². The number of rotatable bonds is 3. The molecule has 1 aromatic rings. The first kappa shape index (κ1) is 20.0. The Morgan fingerprint density at radius 2 is 1.14 bits per heavy atom. The zero-order valence-electron chi connectivity index (χ0n) is 19.4. The summed E-state index contributed by atoms with van der Waals surface area (Å²) < 4.78 is 3.89. The minimum absolute atomic E-state index is 0.540. The molecule has 2 unspecified atom stereocenters. The first-order chi connectivity index (χ1) is 13.0. The Hall–Kier alpha value is 0.0187. The van der Waals surface area contributed by atoms with Crippen molar-refractivity contribution in [2.45, 2.75) is 92.9 Å². The summed E-state index contributed by atoms with van der Waals surface area (Å²) in [4.78, 5) is 2.92. The van der Waals surface area contributed by atoms with Crippen molar-refractivity contribution < 1.29 is 0 Å². The van der Waals surface area contributed by atoms with E-state index in [0.29, 0.717) is 21.7 Å². The summed E-state index contributed by atoms with van der Waals surface area (Å²) in [6, 6.07) is 12.1. The molecule has 1 aromatic carbocycles. The molecule has 6 atom stereocenters. The fourth-order valence-electron chi connectivity index (χ4n) is 9.66. The molecule has 0 amide bonds. The van der Waals surface area contributed by atoms with Crippen LogP contribution in [0.25, 0.3) is 0 Å². The van der Waals surface area contributed by atoms with E-state index in [9.17, 15) is 0 Å². The minimum atomic E-state index is -2.70. The molecule has 0 heterocycles. The monoisotopic (exact) mass is 486 g/mol. The van der Waals surface area contributed by atoms with Crippen LogP contribution < -0.4 is 3.58 Å². The summed E-state index contributed by atoms with van der Waals surface area (Å²) in [7, 11) is 0. The molecular weight excluding hydrogens is 443 g/mol. The summed E-state index contributed by atoms with van der Waals surface area (Å²) in [5, 5.41) is 0. The Morgan fingerprint density at radius 3 is 1.46 bits per heavy atom. The molecule has 154 valence electrons. The van der Waals surface area contributed by atoms with E-state index in [1.807, 2.05) is 3.58 Å². The molecule has 4 bridgehead atoms. The normalized spacial score (nSPS) is 47.4. The van der Waals surface area contributed by atoms with Crippen molar-refractivity contribution in [2.75, 3.05) is 0 Å². The third kappa shape index (κ3) is 2.10. The van der Waals surface area contributed by atoms with E-state index in [2.05, 4.69) is 76.8 Å². The van der Waals surface area contributed by atoms with Crippen LogP contribution in [0.4, 0.5) is 0 Å². The van der Waals surface area contributed by atoms with E-state index >= 15 is 0 Å². The van der Waals surface area contributed by atoms with Crippen LogP contribution in [0.15, 0.2) is 30.3 Å². The van der Waals surface area contributed by atoms with Crippen LogP contribution in [0.1, 0.15) is 80.1 Å². The van der Waals surface area contributed by atoms with Crippen LogP contribution >= 0.6 is 0 Å². The number of hydrogen-bond acceptors (Lipinski definition) is 0. The zero-order valence-corrected chi connectivity index (χ0v) is 22.3. The molecule has 4 aliphatic rings. The third-order valence-corrected chi connectivity index (χ3v) is 30.2. The van der Waals surface area contributed by atoms with E-state index in [4.69, 9.17) is 0 Å². The van der Waals surface area contributed by atoms with Gasteiger partial charge in [-0.15, -0.1) is 0 Å². The van der Waals surface area contributed by atoms with Gasteiger partial charge in [0.2, 0.25) is 0 Å². The van der Waals surface area contributed by atoms with Crippen LogP contribution in [-0.4, -0.2) is 18.4 Å². The van der Waals surface area contributed by atoms with Gasteiger partial charge in [-0.3, -0.25) is 0 Å². The molecule has 0 aliphatic heterocycles.